The minimum absolute atomic E-state index is 0.116. The van der Waals surface area contributed by atoms with Gasteiger partial charge in [0.1, 0.15) is 5.82 Å². The van der Waals surface area contributed by atoms with Gasteiger partial charge in [0.15, 0.2) is 0 Å². The van der Waals surface area contributed by atoms with E-state index in [9.17, 15) is 4.39 Å². The molecule has 0 aromatic heterocycles. The molecule has 0 aliphatic heterocycles. The van der Waals surface area contributed by atoms with Gasteiger partial charge in [0.2, 0.25) is 0 Å². The summed E-state index contributed by atoms with van der Waals surface area (Å²) in [5.74, 6) is -0.202. The van der Waals surface area contributed by atoms with Gasteiger partial charge in [0.25, 0.3) is 0 Å². The van der Waals surface area contributed by atoms with E-state index in [-0.39, 0.29) is 17.3 Å². The summed E-state index contributed by atoms with van der Waals surface area (Å²) in [6.45, 7) is 9.08. The molecule has 2 N–H and O–H groups in total. The molecular formula is C15H24BrFN2. The van der Waals surface area contributed by atoms with Crippen molar-refractivity contribution in [3.8, 4) is 0 Å². The van der Waals surface area contributed by atoms with E-state index in [2.05, 4.69) is 48.5 Å². The van der Waals surface area contributed by atoms with Crippen LogP contribution in [0, 0.1) is 11.2 Å². The summed E-state index contributed by atoms with van der Waals surface area (Å²) < 4.78 is 14.9. The zero-order valence-electron chi connectivity index (χ0n) is 12.4. The van der Waals surface area contributed by atoms with Crippen LogP contribution < -0.4 is 5.73 Å². The fourth-order valence-electron chi connectivity index (χ4n) is 2.16. The first kappa shape index (κ1) is 16.6. The van der Waals surface area contributed by atoms with E-state index in [0.29, 0.717) is 18.2 Å². The maximum atomic E-state index is 14.0. The normalized spacial score (nSPS) is 15.6. The molecule has 1 aromatic carbocycles. The summed E-state index contributed by atoms with van der Waals surface area (Å²) in [5.41, 5.74) is 6.65. The Morgan fingerprint density at radius 3 is 2.42 bits per heavy atom. The summed E-state index contributed by atoms with van der Waals surface area (Å²) in [7, 11) is 2.01. The molecule has 0 saturated carbocycles. The minimum atomic E-state index is -0.202. The summed E-state index contributed by atoms with van der Waals surface area (Å²) in [6.07, 6.45) is 0. The third-order valence-corrected chi connectivity index (χ3v) is 4.39. The Morgan fingerprint density at radius 2 is 1.95 bits per heavy atom. The van der Waals surface area contributed by atoms with Gasteiger partial charge in [-0.1, -0.05) is 36.7 Å². The van der Waals surface area contributed by atoms with Crippen LogP contribution in [0.25, 0.3) is 0 Å². The Balaban J connectivity index is 3.10. The van der Waals surface area contributed by atoms with E-state index >= 15 is 0 Å². The van der Waals surface area contributed by atoms with Gasteiger partial charge < -0.3 is 5.73 Å². The number of hydrogen-bond donors (Lipinski definition) is 1. The van der Waals surface area contributed by atoms with Crippen LogP contribution in [0.2, 0.25) is 0 Å². The lowest BCUT2D eigenvalue weighted by Crippen LogP contribution is -2.44. The van der Waals surface area contributed by atoms with Gasteiger partial charge in [-0.2, -0.15) is 0 Å². The van der Waals surface area contributed by atoms with Gasteiger partial charge in [-0.25, -0.2) is 4.39 Å². The van der Waals surface area contributed by atoms with Crippen LogP contribution in [0.5, 0.6) is 0 Å². The molecule has 0 radical (unpaired) electrons. The Morgan fingerprint density at radius 1 is 1.37 bits per heavy atom. The molecule has 0 fully saturated rings. The second-order valence-corrected chi connectivity index (χ2v) is 7.04. The third kappa shape index (κ3) is 4.01. The van der Waals surface area contributed by atoms with Crippen molar-refractivity contribution in [1.82, 2.24) is 4.90 Å². The van der Waals surface area contributed by atoms with Crippen molar-refractivity contribution in [2.75, 3.05) is 13.6 Å². The maximum absolute atomic E-state index is 14.0. The predicted molar refractivity (Wildman–Crippen MR) is 82.6 cm³/mol. The molecule has 2 atom stereocenters. The van der Waals surface area contributed by atoms with Crippen LogP contribution in [0.4, 0.5) is 4.39 Å². The summed E-state index contributed by atoms with van der Waals surface area (Å²) in [4.78, 5) is 2.16. The van der Waals surface area contributed by atoms with Crippen molar-refractivity contribution in [3.63, 3.8) is 0 Å². The van der Waals surface area contributed by atoms with E-state index in [1.807, 2.05) is 13.1 Å². The summed E-state index contributed by atoms with van der Waals surface area (Å²) in [5, 5.41) is 0. The fraction of sp³-hybridized carbons (Fsp3) is 0.600. The SMILES string of the molecule is CC(N(C)C(CN)c1cc(Br)ccc1F)C(C)(C)C. The van der Waals surface area contributed by atoms with Crippen LogP contribution in [-0.4, -0.2) is 24.5 Å². The highest BCUT2D eigenvalue weighted by atomic mass is 79.9. The molecule has 4 heteroatoms. The lowest BCUT2D eigenvalue weighted by molar-refractivity contribution is 0.0984. The van der Waals surface area contributed by atoms with E-state index in [4.69, 9.17) is 5.73 Å². The molecule has 0 heterocycles. The lowest BCUT2D eigenvalue weighted by atomic mass is 9.86. The van der Waals surface area contributed by atoms with E-state index < -0.39 is 0 Å². The fourth-order valence-corrected chi connectivity index (χ4v) is 2.54. The molecule has 19 heavy (non-hydrogen) atoms. The standard InChI is InChI=1S/C15H24BrFN2/c1-10(15(2,3)4)19(5)14(9-18)12-8-11(16)6-7-13(12)17/h6-8,10,14H,9,18H2,1-5H3. The Labute approximate surface area is 124 Å². The molecule has 0 bridgehead atoms. The van der Waals surface area contributed by atoms with E-state index in [1.165, 1.54) is 6.07 Å². The lowest BCUT2D eigenvalue weighted by Gasteiger charge is -2.40. The van der Waals surface area contributed by atoms with Gasteiger partial charge in [-0.3, -0.25) is 4.90 Å². The average Bonchev–Trinajstić information content (AvgIpc) is 2.32. The molecule has 0 aliphatic carbocycles. The third-order valence-electron chi connectivity index (χ3n) is 3.90. The Kier molecular flexibility index (Phi) is 5.53. The van der Waals surface area contributed by atoms with Gasteiger partial charge in [0.05, 0.1) is 0 Å². The topological polar surface area (TPSA) is 29.3 Å². The minimum Gasteiger partial charge on any atom is -0.329 e. The van der Waals surface area contributed by atoms with Gasteiger partial charge >= 0.3 is 0 Å². The van der Waals surface area contributed by atoms with Crippen LogP contribution in [0.1, 0.15) is 39.3 Å². The van der Waals surface area contributed by atoms with Gasteiger partial charge in [-0.05, 0) is 37.6 Å². The van der Waals surface area contributed by atoms with E-state index in [1.54, 1.807) is 6.07 Å². The number of benzene rings is 1. The average molecular weight is 331 g/mol. The molecule has 1 rings (SSSR count). The molecule has 1 aromatic rings. The maximum Gasteiger partial charge on any atom is 0.128 e. The largest absolute Gasteiger partial charge is 0.329 e. The van der Waals surface area contributed by atoms with Crippen LogP contribution in [0.3, 0.4) is 0 Å². The monoisotopic (exact) mass is 330 g/mol. The number of nitrogens with zero attached hydrogens (tertiary/aromatic N) is 1. The highest BCUT2D eigenvalue weighted by Gasteiger charge is 2.30. The molecular weight excluding hydrogens is 307 g/mol. The van der Waals surface area contributed by atoms with Crippen LogP contribution in [-0.2, 0) is 0 Å². The second-order valence-electron chi connectivity index (χ2n) is 6.12. The van der Waals surface area contributed by atoms with Crippen molar-refractivity contribution in [1.29, 1.82) is 0 Å². The van der Waals surface area contributed by atoms with Crippen LogP contribution in [0.15, 0.2) is 22.7 Å². The first-order valence-corrected chi connectivity index (χ1v) is 7.34. The van der Waals surface area contributed by atoms with Crippen molar-refractivity contribution < 1.29 is 4.39 Å². The van der Waals surface area contributed by atoms with Crippen molar-refractivity contribution in [3.05, 3.63) is 34.1 Å². The van der Waals surface area contributed by atoms with Crippen molar-refractivity contribution in [2.24, 2.45) is 11.1 Å². The Hall–Kier alpha value is -0.450. The smallest absolute Gasteiger partial charge is 0.128 e. The molecule has 0 amide bonds. The van der Waals surface area contributed by atoms with Gasteiger partial charge in [-0.15, -0.1) is 0 Å². The highest BCUT2D eigenvalue weighted by molar-refractivity contribution is 9.10. The van der Waals surface area contributed by atoms with Crippen molar-refractivity contribution >= 4 is 15.9 Å². The predicted octanol–water partition coefficient (Wildman–Crippen LogP) is 3.95. The second kappa shape index (κ2) is 6.33. The zero-order chi connectivity index (χ0) is 14.8. The van der Waals surface area contributed by atoms with Crippen LogP contribution >= 0.6 is 15.9 Å². The molecule has 108 valence electrons. The molecule has 2 nitrogen and oxygen atoms in total. The van der Waals surface area contributed by atoms with Crippen molar-refractivity contribution in [2.45, 2.75) is 39.8 Å². The number of likely N-dealkylation sites (N-methyl/N-ethyl adjacent to an activating group) is 1. The number of hydrogen-bond acceptors (Lipinski definition) is 2. The first-order valence-electron chi connectivity index (χ1n) is 6.55. The molecule has 0 saturated heterocycles. The quantitative estimate of drug-likeness (QED) is 0.905. The Bertz CT molecular complexity index is 429. The zero-order valence-corrected chi connectivity index (χ0v) is 14.0. The van der Waals surface area contributed by atoms with Gasteiger partial charge in [0, 0.05) is 28.7 Å². The number of rotatable bonds is 4. The number of nitrogens with two attached hydrogens (primary N) is 1. The molecule has 0 spiro atoms. The summed E-state index contributed by atoms with van der Waals surface area (Å²) >= 11 is 3.39. The highest BCUT2D eigenvalue weighted by Crippen LogP contribution is 2.31. The first-order chi connectivity index (χ1) is 8.68. The molecule has 2 unspecified atom stereocenters. The molecule has 0 aliphatic rings. The van der Waals surface area contributed by atoms with E-state index in [0.717, 1.165) is 4.47 Å². The summed E-state index contributed by atoms with van der Waals surface area (Å²) in [6, 6.07) is 5.18. The number of halogens is 2.